The van der Waals surface area contributed by atoms with E-state index in [1.54, 1.807) is 0 Å². The lowest BCUT2D eigenvalue weighted by Crippen LogP contribution is -2.34. The summed E-state index contributed by atoms with van der Waals surface area (Å²) in [5, 5.41) is 15.1. The molecular formula is C15H13ClN4O2S. The van der Waals surface area contributed by atoms with Gasteiger partial charge >= 0.3 is 0 Å². The van der Waals surface area contributed by atoms with Gasteiger partial charge in [-0.25, -0.2) is 0 Å². The minimum Gasteiger partial charge on any atom is -0.494 e. The van der Waals surface area contributed by atoms with Crippen LogP contribution in [0.2, 0.25) is 5.02 Å². The molecule has 23 heavy (non-hydrogen) atoms. The van der Waals surface area contributed by atoms with Gasteiger partial charge in [-0.2, -0.15) is 0 Å². The molecule has 8 heteroatoms. The predicted molar refractivity (Wildman–Crippen MR) is 90.8 cm³/mol. The molecule has 3 aromatic rings. The topological polar surface area (TPSA) is 96.7 Å². The number of fused-ring (bicyclic) bond motifs is 3. The van der Waals surface area contributed by atoms with Crippen molar-refractivity contribution in [1.29, 1.82) is 0 Å². The van der Waals surface area contributed by atoms with Crippen LogP contribution in [0.5, 0.6) is 5.88 Å². The van der Waals surface area contributed by atoms with Crippen LogP contribution in [0, 0.1) is 4.77 Å². The van der Waals surface area contributed by atoms with Crippen molar-refractivity contribution >= 4 is 34.7 Å². The van der Waals surface area contributed by atoms with E-state index in [0.29, 0.717) is 11.6 Å². The quantitative estimate of drug-likeness (QED) is 0.436. The van der Waals surface area contributed by atoms with Crippen molar-refractivity contribution in [1.82, 2.24) is 20.3 Å². The van der Waals surface area contributed by atoms with Gasteiger partial charge in [0.05, 0.1) is 6.04 Å². The molecule has 0 fully saturated rings. The first-order chi connectivity index (χ1) is 11.0. The van der Waals surface area contributed by atoms with E-state index < -0.39 is 11.6 Å². The fourth-order valence-corrected chi connectivity index (χ4v) is 3.56. The molecule has 0 amide bonds. The number of H-pyrrole nitrogens is 3. The van der Waals surface area contributed by atoms with Crippen molar-refractivity contribution in [2.24, 2.45) is 0 Å². The number of aromatic nitrogens is 3. The Hall–Kier alpha value is -2.09. The molecule has 0 saturated heterocycles. The summed E-state index contributed by atoms with van der Waals surface area (Å²) >= 11 is 11.0. The Morgan fingerprint density at radius 2 is 2.09 bits per heavy atom. The molecule has 1 aromatic carbocycles. The lowest BCUT2D eigenvalue weighted by molar-refractivity contribution is 0.427. The summed E-state index contributed by atoms with van der Waals surface area (Å²) in [6, 6.07) is 5.20. The van der Waals surface area contributed by atoms with Crippen molar-refractivity contribution in [3.05, 3.63) is 55.2 Å². The Labute approximate surface area is 140 Å². The first-order valence-corrected chi connectivity index (χ1v) is 7.92. The maximum absolute atomic E-state index is 12.3. The van der Waals surface area contributed by atoms with Gasteiger partial charge in [-0.05, 0) is 42.4 Å². The zero-order valence-electron chi connectivity index (χ0n) is 11.9. The Morgan fingerprint density at radius 3 is 2.87 bits per heavy atom. The molecule has 1 atom stereocenters. The minimum absolute atomic E-state index is 0.0933. The molecule has 0 bridgehead atoms. The molecule has 0 aliphatic carbocycles. The number of aromatic hydroxyl groups is 1. The van der Waals surface area contributed by atoms with Gasteiger partial charge < -0.3 is 20.4 Å². The summed E-state index contributed by atoms with van der Waals surface area (Å²) in [6.45, 7) is 0.686. The Balaban J connectivity index is 1.97. The normalized spacial score (nSPS) is 17.3. The Bertz CT molecular complexity index is 1040. The molecule has 0 saturated carbocycles. The van der Waals surface area contributed by atoms with Crippen molar-refractivity contribution in [3.8, 4) is 5.88 Å². The molecule has 0 radical (unpaired) electrons. The van der Waals surface area contributed by atoms with Gasteiger partial charge in [0, 0.05) is 28.2 Å². The number of halogens is 1. The number of rotatable bonds is 1. The van der Waals surface area contributed by atoms with Gasteiger partial charge in [0.2, 0.25) is 5.88 Å². The van der Waals surface area contributed by atoms with Crippen LogP contribution in [0.25, 0.3) is 10.9 Å². The molecule has 5 N–H and O–H groups in total. The minimum atomic E-state index is -0.444. The molecule has 6 nitrogen and oxygen atoms in total. The number of benzene rings is 1. The van der Waals surface area contributed by atoms with Crippen LogP contribution in [0.4, 0.5) is 0 Å². The van der Waals surface area contributed by atoms with E-state index in [-0.39, 0.29) is 16.2 Å². The monoisotopic (exact) mass is 348 g/mol. The highest BCUT2D eigenvalue weighted by Crippen LogP contribution is 2.35. The Morgan fingerprint density at radius 1 is 1.26 bits per heavy atom. The van der Waals surface area contributed by atoms with Gasteiger partial charge in [0.1, 0.15) is 5.56 Å². The predicted octanol–water partition coefficient (Wildman–Crippen LogP) is 2.51. The zero-order valence-corrected chi connectivity index (χ0v) is 13.4. The number of nitrogens with one attached hydrogen (secondary N) is 4. The summed E-state index contributed by atoms with van der Waals surface area (Å²) in [7, 11) is 0. The van der Waals surface area contributed by atoms with Crippen molar-refractivity contribution < 1.29 is 5.11 Å². The molecule has 0 unspecified atom stereocenters. The average molecular weight is 349 g/mol. The highest BCUT2D eigenvalue weighted by Gasteiger charge is 2.29. The standard InChI is InChI=1S/C15H13ClN4O2S/c16-6-1-2-9-8(5-6)7-3-4-17-12(11(7)18-9)10-13(21)19-15(23)20-14(10)22/h1-2,5,12,17-18H,3-4H2,(H3,19,20,21,22,23)/t12-/m0/s1. The zero-order chi connectivity index (χ0) is 16.1. The van der Waals surface area contributed by atoms with E-state index >= 15 is 0 Å². The van der Waals surface area contributed by atoms with E-state index in [1.807, 2.05) is 18.2 Å². The second-order valence-corrected chi connectivity index (χ2v) is 6.36. The summed E-state index contributed by atoms with van der Waals surface area (Å²) in [4.78, 5) is 20.7. The van der Waals surface area contributed by atoms with Gasteiger partial charge in [-0.3, -0.25) is 9.78 Å². The average Bonchev–Trinajstić information content (AvgIpc) is 2.85. The van der Waals surface area contributed by atoms with E-state index in [9.17, 15) is 9.90 Å². The fourth-order valence-electron chi connectivity index (χ4n) is 3.20. The molecular weight excluding hydrogens is 336 g/mol. The second kappa shape index (κ2) is 5.23. The molecule has 4 rings (SSSR count). The molecule has 1 aliphatic heterocycles. The SMILES string of the molecule is O=c1[nH]c(=S)[nH]c(O)c1[C@@H]1NCCc2c1[nH]c1ccc(Cl)cc21. The van der Waals surface area contributed by atoms with Crippen LogP contribution in [-0.4, -0.2) is 26.6 Å². The van der Waals surface area contributed by atoms with E-state index in [4.69, 9.17) is 23.8 Å². The van der Waals surface area contributed by atoms with E-state index in [2.05, 4.69) is 20.3 Å². The smallest absolute Gasteiger partial charge is 0.260 e. The largest absolute Gasteiger partial charge is 0.494 e. The van der Waals surface area contributed by atoms with Crippen molar-refractivity contribution in [3.63, 3.8) is 0 Å². The molecule has 1 aliphatic rings. The van der Waals surface area contributed by atoms with Gasteiger partial charge in [-0.15, -0.1) is 0 Å². The van der Waals surface area contributed by atoms with Crippen LogP contribution in [-0.2, 0) is 6.42 Å². The molecule has 2 aromatic heterocycles. The lowest BCUT2D eigenvalue weighted by Gasteiger charge is -2.24. The van der Waals surface area contributed by atoms with Crippen molar-refractivity contribution in [2.45, 2.75) is 12.5 Å². The molecule has 118 valence electrons. The first-order valence-electron chi connectivity index (χ1n) is 7.13. The molecule has 3 heterocycles. The third kappa shape index (κ3) is 2.28. The third-order valence-electron chi connectivity index (χ3n) is 4.16. The van der Waals surface area contributed by atoms with Gasteiger partial charge in [0.15, 0.2) is 4.77 Å². The Kier molecular flexibility index (Phi) is 3.29. The second-order valence-electron chi connectivity index (χ2n) is 5.51. The number of hydrogen-bond donors (Lipinski definition) is 5. The lowest BCUT2D eigenvalue weighted by atomic mass is 9.95. The van der Waals surface area contributed by atoms with Crippen LogP contribution < -0.4 is 10.9 Å². The highest BCUT2D eigenvalue weighted by molar-refractivity contribution is 7.71. The van der Waals surface area contributed by atoms with Gasteiger partial charge in [-0.1, -0.05) is 11.6 Å². The maximum Gasteiger partial charge on any atom is 0.260 e. The van der Waals surface area contributed by atoms with E-state index in [0.717, 1.165) is 28.6 Å². The first kappa shape index (κ1) is 14.5. The van der Waals surface area contributed by atoms with Crippen LogP contribution >= 0.6 is 23.8 Å². The maximum atomic E-state index is 12.3. The summed E-state index contributed by atoms with van der Waals surface area (Å²) in [5.74, 6) is -0.221. The van der Waals surface area contributed by atoms with Crippen molar-refractivity contribution in [2.75, 3.05) is 6.54 Å². The fraction of sp³-hybridized carbons (Fsp3) is 0.200. The highest BCUT2D eigenvalue weighted by atomic mass is 35.5. The summed E-state index contributed by atoms with van der Waals surface area (Å²) in [5.41, 5.74) is 2.73. The third-order valence-corrected chi connectivity index (χ3v) is 4.60. The van der Waals surface area contributed by atoms with Crippen LogP contribution in [0.1, 0.15) is 22.9 Å². The van der Waals surface area contributed by atoms with Gasteiger partial charge in [0.25, 0.3) is 5.56 Å². The van der Waals surface area contributed by atoms with Crippen LogP contribution in [0.15, 0.2) is 23.0 Å². The van der Waals surface area contributed by atoms with Crippen LogP contribution in [0.3, 0.4) is 0 Å². The number of hydrogen-bond acceptors (Lipinski definition) is 4. The van der Waals surface area contributed by atoms with E-state index in [1.165, 1.54) is 0 Å². The molecule has 0 spiro atoms. The summed E-state index contributed by atoms with van der Waals surface area (Å²) in [6.07, 6.45) is 0.813. The summed E-state index contributed by atoms with van der Waals surface area (Å²) < 4.78 is 0.0933. The number of aromatic amines is 3.